The van der Waals surface area contributed by atoms with E-state index in [4.69, 9.17) is 0 Å². The molecule has 0 spiro atoms. The van der Waals surface area contributed by atoms with Gasteiger partial charge in [-0.25, -0.2) is 0 Å². The third-order valence-corrected chi connectivity index (χ3v) is 2.54. The van der Waals surface area contributed by atoms with Gasteiger partial charge in [0.2, 0.25) is 11.8 Å². The second kappa shape index (κ2) is 3.43. The van der Waals surface area contributed by atoms with E-state index in [1.165, 1.54) is 0 Å². The summed E-state index contributed by atoms with van der Waals surface area (Å²) in [5, 5.41) is 5.53. The van der Waals surface area contributed by atoms with Crippen LogP contribution in [-0.2, 0) is 9.59 Å². The topological polar surface area (TPSA) is 61.4 Å². The molecule has 0 saturated carbocycles. The van der Waals surface area contributed by atoms with E-state index < -0.39 is 0 Å². The summed E-state index contributed by atoms with van der Waals surface area (Å²) in [6.07, 6.45) is 0.332. The van der Waals surface area contributed by atoms with Crippen molar-refractivity contribution in [1.29, 1.82) is 0 Å². The first-order valence-corrected chi connectivity index (χ1v) is 4.56. The number of carbonyl (C=O) groups excluding carboxylic acids is 2. The highest BCUT2D eigenvalue weighted by Gasteiger charge is 2.35. The second-order valence-electron chi connectivity index (χ2n) is 3.42. The molecule has 0 aromatic carbocycles. The molecule has 1 unspecified atom stereocenters. The standard InChI is InChI=1S/C8H13N3O2/c12-7-5-6(8(13)10-7)11-3-1-9-2-4-11/h6,9H,1-5H2,(H,10,12,13). The van der Waals surface area contributed by atoms with Crippen molar-refractivity contribution in [2.24, 2.45) is 0 Å². The van der Waals surface area contributed by atoms with Gasteiger partial charge in [0.25, 0.3) is 0 Å². The first kappa shape index (κ1) is 8.65. The average Bonchev–Trinajstić information content (AvgIpc) is 2.47. The molecule has 72 valence electrons. The molecule has 13 heavy (non-hydrogen) atoms. The Labute approximate surface area is 76.5 Å². The molecule has 0 aliphatic carbocycles. The largest absolute Gasteiger partial charge is 0.314 e. The smallest absolute Gasteiger partial charge is 0.244 e. The Morgan fingerprint density at radius 1 is 1.23 bits per heavy atom. The highest BCUT2D eigenvalue weighted by molar-refractivity contribution is 6.05. The van der Waals surface area contributed by atoms with Gasteiger partial charge in [-0.1, -0.05) is 0 Å². The molecule has 2 amide bonds. The molecule has 0 bridgehead atoms. The zero-order valence-electron chi connectivity index (χ0n) is 7.38. The van der Waals surface area contributed by atoms with E-state index in [9.17, 15) is 9.59 Å². The zero-order chi connectivity index (χ0) is 9.26. The number of hydrogen-bond donors (Lipinski definition) is 2. The van der Waals surface area contributed by atoms with Gasteiger partial charge >= 0.3 is 0 Å². The monoisotopic (exact) mass is 183 g/mol. The molecule has 2 heterocycles. The van der Waals surface area contributed by atoms with Gasteiger partial charge in [-0.2, -0.15) is 0 Å². The van der Waals surface area contributed by atoms with Crippen molar-refractivity contribution in [3.8, 4) is 0 Å². The maximum atomic E-state index is 11.3. The Balaban J connectivity index is 1.99. The first-order chi connectivity index (χ1) is 6.27. The number of nitrogens with zero attached hydrogens (tertiary/aromatic N) is 1. The number of amides is 2. The molecule has 2 aliphatic rings. The van der Waals surface area contributed by atoms with E-state index in [-0.39, 0.29) is 17.9 Å². The van der Waals surface area contributed by atoms with Gasteiger partial charge in [-0.05, 0) is 0 Å². The van der Waals surface area contributed by atoms with Gasteiger partial charge in [0, 0.05) is 26.2 Å². The summed E-state index contributed by atoms with van der Waals surface area (Å²) in [5.41, 5.74) is 0. The van der Waals surface area contributed by atoms with Crippen molar-refractivity contribution < 1.29 is 9.59 Å². The summed E-state index contributed by atoms with van der Waals surface area (Å²) >= 11 is 0. The molecular weight excluding hydrogens is 170 g/mol. The van der Waals surface area contributed by atoms with Crippen LogP contribution in [0.15, 0.2) is 0 Å². The molecule has 5 nitrogen and oxygen atoms in total. The van der Waals surface area contributed by atoms with Crippen LogP contribution in [0, 0.1) is 0 Å². The predicted octanol–water partition coefficient (Wildman–Crippen LogP) is -1.69. The van der Waals surface area contributed by atoms with Gasteiger partial charge in [0.05, 0.1) is 12.5 Å². The summed E-state index contributed by atoms with van der Waals surface area (Å²) in [7, 11) is 0. The minimum absolute atomic E-state index is 0.132. The number of piperazine rings is 1. The summed E-state index contributed by atoms with van der Waals surface area (Å²) in [6, 6.07) is -0.213. The SMILES string of the molecule is O=C1CC(N2CCNCC2)C(=O)N1. The Hall–Kier alpha value is -0.940. The van der Waals surface area contributed by atoms with Crippen molar-refractivity contribution in [2.45, 2.75) is 12.5 Å². The molecule has 2 fully saturated rings. The maximum Gasteiger partial charge on any atom is 0.244 e. The number of nitrogens with one attached hydrogen (secondary N) is 2. The van der Waals surface area contributed by atoms with E-state index in [1.807, 2.05) is 0 Å². The van der Waals surface area contributed by atoms with E-state index >= 15 is 0 Å². The summed E-state index contributed by atoms with van der Waals surface area (Å²) in [6.45, 7) is 3.51. The summed E-state index contributed by atoms with van der Waals surface area (Å²) < 4.78 is 0. The van der Waals surface area contributed by atoms with Crippen LogP contribution in [0.3, 0.4) is 0 Å². The minimum atomic E-state index is -0.213. The molecule has 1 atom stereocenters. The highest BCUT2D eigenvalue weighted by Crippen LogP contribution is 2.10. The van der Waals surface area contributed by atoms with Crippen molar-refractivity contribution >= 4 is 11.8 Å². The lowest BCUT2D eigenvalue weighted by Gasteiger charge is -2.30. The summed E-state index contributed by atoms with van der Waals surface area (Å²) in [5.74, 6) is -0.277. The fourth-order valence-electron chi connectivity index (χ4n) is 1.83. The molecule has 0 radical (unpaired) electrons. The van der Waals surface area contributed by atoms with Gasteiger partial charge in [-0.15, -0.1) is 0 Å². The number of carbonyl (C=O) groups is 2. The van der Waals surface area contributed by atoms with Gasteiger partial charge in [0.15, 0.2) is 0 Å². The van der Waals surface area contributed by atoms with Crippen molar-refractivity contribution in [3.05, 3.63) is 0 Å². The molecule has 2 N–H and O–H groups in total. The molecular formula is C8H13N3O2. The van der Waals surface area contributed by atoms with Crippen LogP contribution >= 0.6 is 0 Å². The molecule has 5 heteroatoms. The van der Waals surface area contributed by atoms with E-state index in [0.717, 1.165) is 26.2 Å². The third kappa shape index (κ3) is 1.71. The van der Waals surface area contributed by atoms with Crippen LogP contribution in [0.5, 0.6) is 0 Å². The molecule has 2 rings (SSSR count). The highest BCUT2D eigenvalue weighted by atomic mass is 16.2. The normalized spacial score (nSPS) is 30.6. The van der Waals surface area contributed by atoms with Gasteiger partial charge < -0.3 is 5.32 Å². The zero-order valence-corrected chi connectivity index (χ0v) is 7.38. The van der Waals surface area contributed by atoms with Gasteiger partial charge in [-0.3, -0.25) is 19.8 Å². The fourth-order valence-corrected chi connectivity index (χ4v) is 1.83. The van der Waals surface area contributed by atoms with Crippen molar-refractivity contribution in [3.63, 3.8) is 0 Å². The second-order valence-corrected chi connectivity index (χ2v) is 3.42. The summed E-state index contributed by atoms with van der Waals surface area (Å²) in [4.78, 5) is 24.3. The molecule has 0 aromatic heterocycles. The number of imide groups is 1. The van der Waals surface area contributed by atoms with Crippen LogP contribution in [0.4, 0.5) is 0 Å². The lowest BCUT2D eigenvalue weighted by atomic mass is 10.2. The lowest BCUT2D eigenvalue weighted by Crippen LogP contribution is -2.50. The van der Waals surface area contributed by atoms with Crippen LogP contribution in [0.25, 0.3) is 0 Å². The van der Waals surface area contributed by atoms with Crippen LogP contribution < -0.4 is 10.6 Å². The van der Waals surface area contributed by atoms with Crippen molar-refractivity contribution in [2.75, 3.05) is 26.2 Å². The third-order valence-electron chi connectivity index (χ3n) is 2.54. The minimum Gasteiger partial charge on any atom is -0.314 e. The van der Waals surface area contributed by atoms with E-state index in [2.05, 4.69) is 15.5 Å². The lowest BCUT2D eigenvalue weighted by molar-refractivity contribution is -0.126. The fraction of sp³-hybridized carbons (Fsp3) is 0.750. The van der Waals surface area contributed by atoms with Crippen LogP contribution in [-0.4, -0.2) is 48.9 Å². The number of hydrogen-bond acceptors (Lipinski definition) is 4. The Morgan fingerprint density at radius 3 is 2.46 bits per heavy atom. The average molecular weight is 183 g/mol. The Bertz CT molecular complexity index is 236. The molecule has 2 aliphatic heterocycles. The van der Waals surface area contributed by atoms with Crippen molar-refractivity contribution in [1.82, 2.24) is 15.5 Å². The van der Waals surface area contributed by atoms with E-state index in [0.29, 0.717) is 6.42 Å². The van der Waals surface area contributed by atoms with Gasteiger partial charge in [0.1, 0.15) is 0 Å². The number of rotatable bonds is 1. The predicted molar refractivity (Wildman–Crippen MR) is 46.0 cm³/mol. The van der Waals surface area contributed by atoms with E-state index in [1.54, 1.807) is 0 Å². The molecule has 0 aromatic rings. The molecule has 2 saturated heterocycles. The Kier molecular flexibility index (Phi) is 2.28. The Morgan fingerprint density at radius 2 is 1.92 bits per heavy atom. The quantitative estimate of drug-likeness (QED) is 0.476. The van der Waals surface area contributed by atoms with Crippen LogP contribution in [0.2, 0.25) is 0 Å². The first-order valence-electron chi connectivity index (χ1n) is 4.56. The maximum absolute atomic E-state index is 11.3. The van der Waals surface area contributed by atoms with Crippen LogP contribution in [0.1, 0.15) is 6.42 Å².